The first-order chi connectivity index (χ1) is 11.1. The van der Waals surface area contributed by atoms with Gasteiger partial charge in [0.15, 0.2) is 0 Å². The van der Waals surface area contributed by atoms with Crippen molar-refractivity contribution in [2.75, 3.05) is 19.7 Å². The van der Waals surface area contributed by atoms with E-state index in [1.165, 1.54) is 0 Å². The number of hydrogen-bond donors (Lipinski definition) is 2. The predicted molar refractivity (Wildman–Crippen MR) is 93.2 cm³/mol. The van der Waals surface area contributed by atoms with Gasteiger partial charge in [-0.25, -0.2) is 4.98 Å². The van der Waals surface area contributed by atoms with Gasteiger partial charge in [0.1, 0.15) is 11.4 Å². The molecule has 2 N–H and O–H groups in total. The number of aliphatic hydroxyl groups is 1. The SMILES string of the molecule is CCC1(CO)CCN(C(=O)c2c(C)nc(C(C)(C)C)[nH]c2=O)CC1. The Morgan fingerprint density at radius 2 is 1.92 bits per heavy atom. The summed E-state index contributed by atoms with van der Waals surface area (Å²) in [4.78, 5) is 34.1. The standard InChI is InChI=1S/C18H29N3O3/c1-6-18(11-22)7-9-21(10-8-18)15(24)13-12(2)19-16(17(3,4)5)20-14(13)23/h22H,6-11H2,1-5H3,(H,19,20,23). The first kappa shape index (κ1) is 18.6. The topological polar surface area (TPSA) is 86.3 Å². The Labute approximate surface area is 143 Å². The van der Waals surface area contributed by atoms with Crippen LogP contribution in [0.2, 0.25) is 0 Å². The van der Waals surface area contributed by atoms with E-state index in [0.29, 0.717) is 24.6 Å². The number of carbonyl (C=O) groups is 1. The molecule has 1 amide bonds. The highest BCUT2D eigenvalue weighted by atomic mass is 16.3. The van der Waals surface area contributed by atoms with Crippen LogP contribution in [0.1, 0.15) is 68.8 Å². The molecule has 1 fully saturated rings. The van der Waals surface area contributed by atoms with Crippen LogP contribution in [0.5, 0.6) is 0 Å². The number of hydrogen-bond acceptors (Lipinski definition) is 4. The molecule has 0 spiro atoms. The zero-order valence-corrected chi connectivity index (χ0v) is 15.4. The number of carbonyl (C=O) groups excluding carboxylic acids is 1. The minimum atomic E-state index is -0.369. The molecule has 6 heteroatoms. The van der Waals surface area contributed by atoms with Crippen molar-refractivity contribution in [2.24, 2.45) is 5.41 Å². The van der Waals surface area contributed by atoms with Gasteiger partial charge in [-0.3, -0.25) is 9.59 Å². The number of nitrogens with one attached hydrogen (secondary N) is 1. The lowest BCUT2D eigenvalue weighted by molar-refractivity contribution is 0.0336. The average molecular weight is 335 g/mol. The number of aliphatic hydroxyl groups excluding tert-OH is 1. The maximum absolute atomic E-state index is 12.8. The summed E-state index contributed by atoms with van der Waals surface area (Å²) in [5.74, 6) is 0.329. The van der Waals surface area contributed by atoms with Crippen LogP contribution >= 0.6 is 0 Å². The fourth-order valence-electron chi connectivity index (χ4n) is 3.16. The molecule has 2 heterocycles. The molecule has 1 aromatic heterocycles. The molecule has 2 rings (SSSR count). The summed E-state index contributed by atoms with van der Waals surface area (Å²) >= 11 is 0. The third-order valence-corrected chi connectivity index (χ3v) is 5.22. The van der Waals surface area contributed by atoms with Gasteiger partial charge in [-0.15, -0.1) is 0 Å². The first-order valence-electron chi connectivity index (χ1n) is 8.65. The first-order valence-corrected chi connectivity index (χ1v) is 8.65. The van der Waals surface area contributed by atoms with Gasteiger partial charge < -0.3 is 15.0 Å². The van der Waals surface area contributed by atoms with Crippen molar-refractivity contribution >= 4 is 5.91 Å². The molecule has 0 aromatic carbocycles. The zero-order chi connectivity index (χ0) is 18.1. The third kappa shape index (κ3) is 3.53. The molecule has 0 radical (unpaired) electrons. The van der Waals surface area contributed by atoms with Crippen LogP contribution in [-0.2, 0) is 5.41 Å². The lowest BCUT2D eigenvalue weighted by Crippen LogP contribution is -2.46. The predicted octanol–water partition coefficient (Wildman–Crippen LogP) is 2.00. The highest BCUT2D eigenvalue weighted by Gasteiger charge is 2.35. The highest BCUT2D eigenvalue weighted by molar-refractivity contribution is 5.94. The van der Waals surface area contributed by atoms with E-state index in [0.717, 1.165) is 19.3 Å². The lowest BCUT2D eigenvalue weighted by Gasteiger charge is -2.40. The van der Waals surface area contributed by atoms with Gasteiger partial charge in [0, 0.05) is 25.1 Å². The molecule has 1 aliphatic heterocycles. The molecule has 0 atom stereocenters. The third-order valence-electron chi connectivity index (χ3n) is 5.22. The summed E-state index contributed by atoms with van der Waals surface area (Å²) in [5.41, 5.74) is -0.128. The minimum Gasteiger partial charge on any atom is -0.396 e. The van der Waals surface area contributed by atoms with E-state index in [4.69, 9.17) is 0 Å². The highest BCUT2D eigenvalue weighted by Crippen LogP contribution is 2.34. The fraction of sp³-hybridized carbons (Fsp3) is 0.722. The lowest BCUT2D eigenvalue weighted by atomic mass is 9.77. The maximum atomic E-state index is 12.8. The van der Waals surface area contributed by atoms with E-state index in [1.54, 1.807) is 11.8 Å². The van der Waals surface area contributed by atoms with Crippen molar-refractivity contribution in [3.8, 4) is 0 Å². The second kappa shape index (κ2) is 6.67. The summed E-state index contributed by atoms with van der Waals surface area (Å²) in [7, 11) is 0. The van der Waals surface area contributed by atoms with E-state index in [9.17, 15) is 14.7 Å². The number of aryl methyl sites for hydroxylation is 1. The van der Waals surface area contributed by atoms with Gasteiger partial charge in [0.25, 0.3) is 11.5 Å². The molecule has 0 unspecified atom stereocenters. The van der Waals surface area contributed by atoms with Crippen LogP contribution < -0.4 is 5.56 Å². The molecule has 1 aromatic rings. The van der Waals surface area contributed by atoms with Gasteiger partial charge in [0.05, 0.1) is 5.69 Å². The van der Waals surface area contributed by atoms with Crippen molar-refractivity contribution in [1.29, 1.82) is 0 Å². The Kier molecular flexibility index (Phi) is 5.18. The van der Waals surface area contributed by atoms with Crippen molar-refractivity contribution in [1.82, 2.24) is 14.9 Å². The monoisotopic (exact) mass is 335 g/mol. The Hall–Kier alpha value is -1.69. The molecule has 134 valence electrons. The quantitative estimate of drug-likeness (QED) is 0.884. The molecule has 0 bridgehead atoms. The number of aromatic nitrogens is 2. The molecule has 0 aliphatic carbocycles. The summed E-state index contributed by atoms with van der Waals surface area (Å²) < 4.78 is 0. The van der Waals surface area contributed by atoms with Crippen LogP contribution in [-0.4, -0.2) is 45.6 Å². The number of piperidine rings is 1. The van der Waals surface area contributed by atoms with Crippen LogP contribution in [0.3, 0.4) is 0 Å². The number of amides is 1. The van der Waals surface area contributed by atoms with Crippen LogP contribution in [0.4, 0.5) is 0 Å². The van der Waals surface area contributed by atoms with Crippen molar-refractivity contribution in [3.05, 3.63) is 27.4 Å². The Morgan fingerprint density at radius 3 is 2.33 bits per heavy atom. The summed E-state index contributed by atoms with van der Waals surface area (Å²) in [6.45, 7) is 11.0. The van der Waals surface area contributed by atoms with Crippen LogP contribution in [0, 0.1) is 12.3 Å². The average Bonchev–Trinajstić information content (AvgIpc) is 2.53. The maximum Gasteiger partial charge on any atom is 0.264 e. The number of H-pyrrole nitrogens is 1. The van der Waals surface area contributed by atoms with E-state index in [1.807, 2.05) is 20.8 Å². The Bertz CT molecular complexity index is 659. The van der Waals surface area contributed by atoms with Gasteiger partial charge in [-0.1, -0.05) is 27.7 Å². The van der Waals surface area contributed by atoms with Gasteiger partial charge in [-0.05, 0) is 31.6 Å². The zero-order valence-electron chi connectivity index (χ0n) is 15.4. The second-order valence-electron chi connectivity index (χ2n) is 7.93. The Balaban J connectivity index is 2.24. The molecular weight excluding hydrogens is 306 g/mol. The second-order valence-corrected chi connectivity index (χ2v) is 7.93. The van der Waals surface area contributed by atoms with E-state index in [-0.39, 0.29) is 34.5 Å². The molecule has 0 saturated carbocycles. The number of nitrogens with zero attached hydrogens (tertiary/aromatic N) is 2. The summed E-state index contributed by atoms with van der Waals surface area (Å²) in [6.07, 6.45) is 2.42. The molecule has 24 heavy (non-hydrogen) atoms. The van der Waals surface area contributed by atoms with Gasteiger partial charge in [0.2, 0.25) is 0 Å². The van der Waals surface area contributed by atoms with Crippen molar-refractivity contribution in [2.45, 2.75) is 59.3 Å². The van der Waals surface area contributed by atoms with Crippen molar-refractivity contribution in [3.63, 3.8) is 0 Å². The number of aromatic amines is 1. The Morgan fingerprint density at radius 1 is 1.33 bits per heavy atom. The fourth-order valence-corrected chi connectivity index (χ4v) is 3.16. The van der Waals surface area contributed by atoms with Crippen LogP contribution in [0.25, 0.3) is 0 Å². The normalized spacial score (nSPS) is 17.8. The van der Waals surface area contributed by atoms with E-state index < -0.39 is 0 Å². The van der Waals surface area contributed by atoms with Crippen LogP contribution in [0.15, 0.2) is 4.79 Å². The largest absolute Gasteiger partial charge is 0.396 e. The summed E-state index contributed by atoms with van der Waals surface area (Å²) in [6, 6.07) is 0. The molecular formula is C18H29N3O3. The summed E-state index contributed by atoms with van der Waals surface area (Å²) in [5, 5.41) is 9.61. The smallest absolute Gasteiger partial charge is 0.264 e. The van der Waals surface area contributed by atoms with Crippen molar-refractivity contribution < 1.29 is 9.90 Å². The number of rotatable bonds is 3. The molecule has 1 saturated heterocycles. The minimum absolute atomic E-state index is 0.0907. The number of likely N-dealkylation sites (tertiary alicyclic amines) is 1. The van der Waals surface area contributed by atoms with E-state index >= 15 is 0 Å². The van der Waals surface area contributed by atoms with Gasteiger partial charge in [-0.2, -0.15) is 0 Å². The van der Waals surface area contributed by atoms with Gasteiger partial charge >= 0.3 is 0 Å². The van der Waals surface area contributed by atoms with E-state index in [2.05, 4.69) is 16.9 Å². The molecule has 1 aliphatic rings. The molecule has 6 nitrogen and oxygen atoms in total.